The van der Waals surface area contributed by atoms with Crippen LogP contribution in [-0.4, -0.2) is 53.4 Å². The number of amides is 1. The topological polar surface area (TPSA) is 36.4 Å². The van der Waals surface area contributed by atoms with Crippen molar-refractivity contribution in [2.75, 3.05) is 32.7 Å². The van der Waals surface area contributed by atoms with Gasteiger partial charge in [0.1, 0.15) is 0 Å². The Hall–Kier alpha value is -1.20. The molecule has 0 radical (unpaired) electrons. The highest BCUT2D eigenvalue weighted by atomic mass is 32.1. The predicted octanol–water partition coefficient (Wildman–Crippen LogP) is 1.63. The number of carbonyl (C=O) groups is 1. The SMILES string of the molecule is CCN1CCN(C(=O)/C=C/c2csc(C)n2)CC1. The predicted molar refractivity (Wildman–Crippen MR) is 74.6 cm³/mol. The van der Waals surface area contributed by atoms with Gasteiger partial charge in [-0.25, -0.2) is 4.98 Å². The summed E-state index contributed by atoms with van der Waals surface area (Å²) in [5.74, 6) is 0.0939. The molecule has 1 aliphatic heterocycles. The van der Waals surface area contributed by atoms with Gasteiger partial charge in [0.05, 0.1) is 10.7 Å². The fourth-order valence-electron chi connectivity index (χ4n) is 2.00. The van der Waals surface area contributed by atoms with Gasteiger partial charge in [-0.3, -0.25) is 4.79 Å². The molecular weight excluding hydrogens is 246 g/mol. The van der Waals surface area contributed by atoms with Crippen LogP contribution < -0.4 is 0 Å². The summed E-state index contributed by atoms with van der Waals surface area (Å²) in [6.45, 7) is 8.80. The molecule has 1 amide bonds. The van der Waals surface area contributed by atoms with E-state index >= 15 is 0 Å². The van der Waals surface area contributed by atoms with E-state index in [0.717, 1.165) is 43.4 Å². The first kappa shape index (κ1) is 13.2. The Morgan fingerprint density at radius 1 is 1.44 bits per heavy atom. The van der Waals surface area contributed by atoms with Gasteiger partial charge >= 0.3 is 0 Å². The van der Waals surface area contributed by atoms with E-state index in [-0.39, 0.29) is 5.91 Å². The molecule has 98 valence electrons. The number of aromatic nitrogens is 1. The summed E-state index contributed by atoms with van der Waals surface area (Å²) < 4.78 is 0. The third-order valence-electron chi connectivity index (χ3n) is 3.16. The average molecular weight is 265 g/mol. The summed E-state index contributed by atoms with van der Waals surface area (Å²) in [7, 11) is 0. The number of rotatable bonds is 3. The fourth-order valence-corrected chi connectivity index (χ4v) is 2.58. The average Bonchev–Trinajstić information content (AvgIpc) is 2.82. The first-order valence-corrected chi connectivity index (χ1v) is 7.18. The molecule has 1 saturated heterocycles. The molecule has 0 saturated carbocycles. The van der Waals surface area contributed by atoms with Crippen molar-refractivity contribution < 1.29 is 4.79 Å². The van der Waals surface area contributed by atoms with E-state index in [4.69, 9.17) is 0 Å². The zero-order valence-corrected chi connectivity index (χ0v) is 11.7. The third kappa shape index (κ3) is 3.40. The van der Waals surface area contributed by atoms with E-state index < -0.39 is 0 Å². The number of hydrogen-bond acceptors (Lipinski definition) is 4. The molecule has 2 rings (SSSR count). The Balaban J connectivity index is 1.87. The van der Waals surface area contributed by atoms with E-state index in [1.54, 1.807) is 23.5 Å². The summed E-state index contributed by atoms with van der Waals surface area (Å²) in [4.78, 5) is 20.5. The van der Waals surface area contributed by atoms with Crippen molar-refractivity contribution in [1.29, 1.82) is 0 Å². The molecule has 0 spiro atoms. The van der Waals surface area contributed by atoms with E-state index in [0.29, 0.717) is 0 Å². The highest BCUT2D eigenvalue weighted by Crippen LogP contribution is 2.10. The number of piperazine rings is 1. The van der Waals surface area contributed by atoms with Crippen molar-refractivity contribution in [3.05, 3.63) is 22.2 Å². The maximum atomic E-state index is 12.0. The van der Waals surface area contributed by atoms with Gasteiger partial charge in [-0.15, -0.1) is 11.3 Å². The molecule has 0 aromatic carbocycles. The van der Waals surface area contributed by atoms with E-state index in [1.807, 2.05) is 17.2 Å². The van der Waals surface area contributed by atoms with Gasteiger partial charge in [-0.2, -0.15) is 0 Å². The molecule has 1 aliphatic rings. The second kappa shape index (κ2) is 6.11. The van der Waals surface area contributed by atoms with Gasteiger partial charge in [-0.1, -0.05) is 6.92 Å². The van der Waals surface area contributed by atoms with Gasteiger partial charge in [0.2, 0.25) is 5.91 Å². The van der Waals surface area contributed by atoms with Crippen molar-refractivity contribution in [2.45, 2.75) is 13.8 Å². The van der Waals surface area contributed by atoms with Crippen LogP contribution in [0.25, 0.3) is 6.08 Å². The Morgan fingerprint density at radius 2 is 2.17 bits per heavy atom. The van der Waals surface area contributed by atoms with Crippen LogP contribution in [0.1, 0.15) is 17.6 Å². The Labute approximate surface area is 112 Å². The molecule has 0 aliphatic carbocycles. The molecule has 1 aromatic rings. The number of carbonyl (C=O) groups excluding carboxylic acids is 1. The summed E-state index contributed by atoms with van der Waals surface area (Å²) in [5.41, 5.74) is 0.873. The Morgan fingerprint density at radius 3 is 2.72 bits per heavy atom. The molecule has 1 fully saturated rings. The molecule has 0 bridgehead atoms. The van der Waals surface area contributed by atoms with Crippen LogP contribution in [0.2, 0.25) is 0 Å². The van der Waals surface area contributed by atoms with Gasteiger partial charge in [-0.05, 0) is 19.5 Å². The lowest BCUT2D eigenvalue weighted by atomic mass is 10.3. The number of hydrogen-bond donors (Lipinski definition) is 0. The minimum absolute atomic E-state index is 0.0939. The number of likely N-dealkylation sites (N-methyl/N-ethyl adjacent to an activating group) is 1. The van der Waals surface area contributed by atoms with Gasteiger partial charge < -0.3 is 9.80 Å². The number of aryl methyl sites for hydroxylation is 1. The van der Waals surface area contributed by atoms with Crippen molar-refractivity contribution in [3.8, 4) is 0 Å². The Bertz CT molecular complexity index is 433. The number of nitrogens with zero attached hydrogens (tertiary/aromatic N) is 3. The maximum Gasteiger partial charge on any atom is 0.246 e. The molecular formula is C13H19N3OS. The van der Waals surface area contributed by atoms with Crippen molar-refractivity contribution in [3.63, 3.8) is 0 Å². The molecule has 1 aromatic heterocycles. The second-order valence-electron chi connectivity index (χ2n) is 4.38. The smallest absolute Gasteiger partial charge is 0.246 e. The first-order valence-electron chi connectivity index (χ1n) is 6.30. The molecule has 0 atom stereocenters. The van der Waals surface area contributed by atoms with Crippen molar-refractivity contribution in [1.82, 2.24) is 14.8 Å². The van der Waals surface area contributed by atoms with Gasteiger partial charge in [0.25, 0.3) is 0 Å². The van der Waals surface area contributed by atoms with Crippen LogP contribution in [0.5, 0.6) is 0 Å². The first-order chi connectivity index (χ1) is 8.69. The lowest BCUT2D eigenvalue weighted by molar-refractivity contribution is -0.127. The summed E-state index contributed by atoms with van der Waals surface area (Å²) in [6.07, 6.45) is 3.44. The van der Waals surface area contributed by atoms with Crippen molar-refractivity contribution in [2.24, 2.45) is 0 Å². The largest absolute Gasteiger partial charge is 0.337 e. The molecule has 18 heavy (non-hydrogen) atoms. The van der Waals surface area contributed by atoms with Gasteiger partial charge in [0, 0.05) is 37.6 Å². The molecule has 2 heterocycles. The minimum Gasteiger partial charge on any atom is -0.337 e. The molecule has 0 N–H and O–H groups in total. The molecule has 0 unspecified atom stereocenters. The zero-order chi connectivity index (χ0) is 13.0. The fraction of sp³-hybridized carbons (Fsp3) is 0.538. The lowest BCUT2D eigenvalue weighted by Crippen LogP contribution is -2.48. The Kier molecular flexibility index (Phi) is 4.49. The van der Waals surface area contributed by atoms with Crippen LogP contribution in [0, 0.1) is 6.92 Å². The minimum atomic E-state index is 0.0939. The third-order valence-corrected chi connectivity index (χ3v) is 3.96. The number of thiazole rings is 1. The summed E-state index contributed by atoms with van der Waals surface area (Å²) in [5, 5.41) is 2.99. The van der Waals surface area contributed by atoms with E-state index in [1.165, 1.54) is 0 Å². The maximum absolute atomic E-state index is 12.0. The summed E-state index contributed by atoms with van der Waals surface area (Å²) in [6, 6.07) is 0. The highest BCUT2D eigenvalue weighted by Gasteiger charge is 2.18. The second-order valence-corrected chi connectivity index (χ2v) is 5.45. The molecule has 4 nitrogen and oxygen atoms in total. The monoisotopic (exact) mass is 265 g/mol. The quantitative estimate of drug-likeness (QED) is 0.779. The standard InChI is InChI=1S/C13H19N3OS/c1-3-15-6-8-16(9-7-15)13(17)5-4-12-10-18-11(2)14-12/h4-5,10H,3,6-9H2,1-2H3/b5-4+. The summed E-state index contributed by atoms with van der Waals surface area (Å²) >= 11 is 1.60. The normalized spacial score (nSPS) is 17.6. The van der Waals surface area contributed by atoms with Crippen LogP contribution in [0.15, 0.2) is 11.5 Å². The van der Waals surface area contributed by atoms with Crippen LogP contribution in [0.4, 0.5) is 0 Å². The van der Waals surface area contributed by atoms with E-state index in [2.05, 4.69) is 16.8 Å². The van der Waals surface area contributed by atoms with Crippen LogP contribution in [-0.2, 0) is 4.79 Å². The van der Waals surface area contributed by atoms with Crippen LogP contribution >= 0.6 is 11.3 Å². The van der Waals surface area contributed by atoms with Crippen molar-refractivity contribution >= 4 is 23.3 Å². The van der Waals surface area contributed by atoms with Crippen LogP contribution in [0.3, 0.4) is 0 Å². The van der Waals surface area contributed by atoms with Gasteiger partial charge in [0.15, 0.2) is 0 Å². The van der Waals surface area contributed by atoms with E-state index in [9.17, 15) is 4.79 Å². The zero-order valence-electron chi connectivity index (χ0n) is 10.9. The molecule has 5 heteroatoms. The lowest BCUT2D eigenvalue weighted by Gasteiger charge is -2.33. The highest BCUT2D eigenvalue weighted by molar-refractivity contribution is 7.09.